The molecule has 9 heteroatoms. The molecular formula is C17H13N7OS. The average Bonchev–Trinajstić information content (AvgIpc) is 3.34. The highest BCUT2D eigenvalue weighted by molar-refractivity contribution is 7.20. The van der Waals surface area contributed by atoms with Gasteiger partial charge in [0.05, 0.1) is 17.4 Å². The molecule has 0 unspecified atom stereocenters. The number of aromatic amines is 1. The van der Waals surface area contributed by atoms with E-state index in [0.717, 1.165) is 37.3 Å². The van der Waals surface area contributed by atoms with E-state index in [-0.39, 0.29) is 5.56 Å². The van der Waals surface area contributed by atoms with E-state index in [1.54, 1.807) is 12.3 Å². The zero-order valence-corrected chi connectivity index (χ0v) is 14.6. The lowest BCUT2D eigenvalue weighted by molar-refractivity contribution is 0.646. The Balaban J connectivity index is 1.71. The Hall–Kier alpha value is -3.33. The third-order valence-corrected chi connectivity index (χ3v) is 5.54. The first-order valence-electron chi connectivity index (χ1n) is 7.93. The fourth-order valence-corrected chi connectivity index (χ4v) is 4.18. The summed E-state index contributed by atoms with van der Waals surface area (Å²) in [7, 11) is 1.85. The minimum atomic E-state index is -0.157. The van der Waals surface area contributed by atoms with Crippen molar-refractivity contribution in [3.8, 4) is 0 Å². The summed E-state index contributed by atoms with van der Waals surface area (Å²) in [6, 6.07) is 5.68. The number of nitrogens with zero attached hydrogens (tertiary/aromatic N) is 6. The molecule has 0 aliphatic carbocycles. The van der Waals surface area contributed by atoms with Crippen LogP contribution in [0.4, 0.5) is 0 Å². The van der Waals surface area contributed by atoms with E-state index in [0.29, 0.717) is 12.1 Å². The molecule has 0 aliphatic heterocycles. The van der Waals surface area contributed by atoms with Crippen LogP contribution in [-0.4, -0.2) is 34.7 Å². The third-order valence-electron chi connectivity index (χ3n) is 4.47. The van der Waals surface area contributed by atoms with Crippen molar-refractivity contribution in [2.45, 2.75) is 6.54 Å². The molecular weight excluding hydrogens is 350 g/mol. The summed E-state index contributed by atoms with van der Waals surface area (Å²) in [5, 5.41) is 16.9. The maximum atomic E-state index is 13.0. The van der Waals surface area contributed by atoms with E-state index in [9.17, 15) is 4.79 Å². The number of benzene rings is 1. The number of aromatic nitrogens is 7. The Morgan fingerprint density at radius 3 is 3.08 bits per heavy atom. The minimum absolute atomic E-state index is 0.157. The molecule has 26 heavy (non-hydrogen) atoms. The van der Waals surface area contributed by atoms with Crippen LogP contribution in [-0.2, 0) is 13.6 Å². The number of nitrogens with one attached hydrogen (secondary N) is 1. The van der Waals surface area contributed by atoms with Crippen LogP contribution in [0.2, 0.25) is 0 Å². The average molecular weight is 363 g/mol. The van der Waals surface area contributed by atoms with Gasteiger partial charge in [-0.05, 0) is 12.1 Å². The van der Waals surface area contributed by atoms with E-state index < -0.39 is 0 Å². The Bertz CT molecular complexity index is 1370. The predicted molar refractivity (Wildman–Crippen MR) is 101 cm³/mol. The van der Waals surface area contributed by atoms with Gasteiger partial charge in [-0.15, -0.1) is 11.3 Å². The monoisotopic (exact) mass is 363 g/mol. The minimum Gasteiger partial charge on any atom is -0.323 e. The summed E-state index contributed by atoms with van der Waals surface area (Å²) in [4.78, 5) is 17.6. The van der Waals surface area contributed by atoms with Gasteiger partial charge in [0.15, 0.2) is 5.65 Å². The van der Waals surface area contributed by atoms with Crippen molar-refractivity contribution in [3.05, 3.63) is 51.9 Å². The lowest BCUT2D eigenvalue weighted by Crippen LogP contribution is -2.24. The van der Waals surface area contributed by atoms with Gasteiger partial charge in [-0.25, -0.2) is 9.67 Å². The Morgan fingerprint density at radius 1 is 1.35 bits per heavy atom. The van der Waals surface area contributed by atoms with Gasteiger partial charge in [0, 0.05) is 18.0 Å². The molecule has 4 aromatic heterocycles. The molecule has 0 saturated carbocycles. The summed E-state index contributed by atoms with van der Waals surface area (Å²) in [6.07, 6.45) is 3.44. The lowest BCUT2D eigenvalue weighted by atomic mass is 10.2. The molecule has 0 amide bonds. The van der Waals surface area contributed by atoms with Crippen LogP contribution in [0.3, 0.4) is 0 Å². The number of hydrogen-bond donors (Lipinski definition) is 1. The van der Waals surface area contributed by atoms with Crippen LogP contribution < -0.4 is 5.56 Å². The van der Waals surface area contributed by atoms with E-state index in [1.807, 2.05) is 29.8 Å². The van der Waals surface area contributed by atoms with Crippen molar-refractivity contribution in [3.63, 3.8) is 0 Å². The van der Waals surface area contributed by atoms with Crippen LogP contribution in [0.25, 0.3) is 38.4 Å². The molecule has 8 nitrogen and oxygen atoms in total. The number of rotatable bonds is 3. The molecule has 0 atom stereocenters. The van der Waals surface area contributed by atoms with E-state index in [2.05, 4.69) is 32.1 Å². The Morgan fingerprint density at radius 2 is 2.23 bits per heavy atom. The number of aryl methyl sites for hydroxylation is 1. The fraction of sp³-hybridized carbons (Fsp3) is 0.118. The number of hydrogen-bond acceptors (Lipinski definition) is 6. The number of H-pyrrole nitrogens is 1. The number of thiazole rings is 1. The molecule has 128 valence electrons. The smallest absolute Gasteiger partial charge is 0.291 e. The molecule has 5 rings (SSSR count). The topological polar surface area (TPSA) is 94.3 Å². The SMILES string of the molecule is C=Cc1nc2c(s1)c1cnn(Cc3cccc4n[nH]nc34)c(=O)c1n2C. The quantitative estimate of drug-likeness (QED) is 0.531. The van der Waals surface area contributed by atoms with Crippen LogP contribution in [0.5, 0.6) is 0 Å². The maximum Gasteiger partial charge on any atom is 0.291 e. The van der Waals surface area contributed by atoms with E-state index in [1.165, 1.54) is 16.0 Å². The van der Waals surface area contributed by atoms with Crippen molar-refractivity contribution in [1.82, 2.24) is 34.7 Å². The third kappa shape index (κ3) is 1.97. The molecule has 0 aliphatic rings. The molecule has 0 fully saturated rings. The molecule has 0 saturated heterocycles. The maximum absolute atomic E-state index is 13.0. The predicted octanol–water partition coefficient (Wildman–Crippen LogP) is 2.31. The van der Waals surface area contributed by atoms with E-state index >= 15 is 0 Å². The second-order valence-corrected chi connectivity index (χ2v) is 6.98. The van der Waals surface area contributed by atoms with Gasteiger partial charge >= 0.3 is 0 Å². The van der Waals surface area contributed by atoms with Crippen LogP contribution in [0, 0.1) is 0 Å². The van der Waals surface area contributed by atoms with Crippen molar-refractivity contribution >= 4 is 49.7 Å². The summed E-state index contributed by atoms with van der Waals surface area (Å²) in [5.74, 6) is 0. The molecule has 1 aromatic carbocycles. The summed E-state index contributed by atoms with van der Waals surface area (Å²) in [6.45, 7) is 4.08. The van der Waals surface area contributed by atoms with Crippen molar-refractivity contribution < 1.29 is 0 Å². The normalized spacial score (nSPS) is 11.7. The molecule has 1 N–H and O–H groups in total. The summed E-state index contributed by atoms with van der Waals surface area (Å²) in [5.41, 5.74) is 3.60. The lowest BCUT2D eigenvalue weighted by Gasteiger charge is -2.06. The zero-order chi connectivity index (χ0) is 17.8. The van der Waals surface area contributed by atoms with Crippen LogP contribution >= 0.6 is 11.3 Å². The highest BCUT2D eigenvalue weighted by atomic mass is 32.1. The zero-order valence-electron chi connectivity index (χ0n) is 13.8. The molecule has 0 bridgehead atoms. The summed E-state index contributed by atoms with van der Waals surface area (Å²) >= 11 is 1.51. The largest absolute Gasteiger partial charge is 0.323 e. The van der Waals surface area contributed by atoms with Crippen LogP contribution in [0.15, 0.2) is 35.8 Å². The molecule has 4 heterocycles. The number of para-hydroxylation sites is 1. The fourth-order valence-electron chi connectivity index (χ4n) is 3.22. The van der Waals surface area contributed by atoms with Crippen molar-refractivity contribution in [2.24, 2.45) is 7.05 Å². The molecule has 0 radical (unpaired) electrons. The second kappa shape index (κ2) is 5.33. The molecule has 5 aromatic rings. The van der Waals surface area contributed by atoms with Gasteiger partial charge in [0.25, 0.3) is 5.56 Å². The Labute approximate surface area is 150 Å². The second-order valence-electron chi connectivity index (χ2n) is 5.95. The van der Waals surface area contributed by atoms with Gasteiger partial charge in [-0.2, -0.15) is 20.5 Å². The Kier molecular flexibility index (Phi) is 3.07. The molecule has 0 spiro atoms. The van der Waals surface area contributed by atoms with Crippen molar-refractivity contribution in [2.75, 3.05) is 0 Å². The summed E-state index contributed by atoms with van der Waals surface area (Å²) < 4.78 is 4.22. The number of fused-ring (bicyclic) bond motifs is 4. The van der Waals surface area contributed by atoms with Gasteiger partial charge in [0.2, 0.25) is 0 Å². The highest BCUT2D eigenvalue weighted by Gasteiger charge is 2.18. The standard InChI is InChI=1S/C17H13N7OS/c1-3-12-19-16-15(26-12)10-7-18-24(17(25)14(10)23(16)2)8-9-5-4-6-11-13(9)21-22-20-11/h3-7H,1,8H2,2H3,(H,20,21,22). The van der Waals surface area contributed by atoms with E-state index in [4.69, 9.17) is 0 Å². The van der Waals surface area contributed by atoms with Gasteiger partial charge in [-0.3, -0.25) is 4.79 Å². The first kappa shape index (κ1) is 15.0. The van der Waals surface area contributed by atoms with Crippen molar-refractivity contribution in [1.29, 1.82) is 0 Å². The van der Waals surface area contributed by atoms with Gasteiger partial charge in [-0.1, -0.05) is 18.7 Å². The first-order valence-corrected chi connectivity index (χ1v) is 8.75. The van der Waals surface area contributed by atoms with Gasteiger partial charge in [0.1, 0.15) is 21.6 Å². The van der Waals surface area contributed by atoms with Crippen LogP contribution in [0.1, 0.15) is 10.6 Å². The first-order chi connectivity index (χ1) is 12.7. The van der Waals surface area contributed by atoms with Gasteiger partial charge < -0.3 is 4.57 Å². The highest BCUT2D eigenvalue weighted by Crippen LogP contribution is 2.31.